The summed E-state index contributed by atoms with van der Waals surface area (Å²) >= 11 is 0. The van der Waals surface area contributed by atoms with E-state index in [0.29, 0.717) is 42.9 Å². The molecule has 1 aromatic heterocycles. The first kappa shape index (κ1) is 24.4. The number of fused-ring (bicyclic) bond motifs is 3. The number of anilines is 1. The molecule has 5 rings (SSSR count). The van der Waals surface area contributed by atoms with E-state index in [9.17, 15) is 9.59 Å². The number of hydrogen-bond acceptors (Lipinski definition) is 8. The number of ether oxygens (including phenoxy) is 3. The van der Waals surface area contributed by atoms with Gasteiger partial charge in [0.25, 0.3) is 0 Å². The predicted octanol–water partition coefficient (Wildman–Crippen LogP) is 3.13. The number of nitrogens with zero attached hydrogens (tertiary/aromatic N) is 3. The van der Waals surface area contributed by atoms with E-state index < -0.39 is 5.54 Å². The van der Waals surface area contributed by atoms with E-state index in [1.165, 1.54) is 13.4 Å². The van der Waals surface area contributed by atoms with Crippen LogP contribution in [0.25, 0.3) is 0 Å². The predicted molar refractivity (Wildman–Crippen MR) is 134 cm³/mol. The second-order valence-electron chi connectivity index (χ2n) is 9.82. The third-order valence-corrected chi connectivity index (χ3v) is 8.09. The van der Waals surface area contributed by atoms with Crippen LogP contribution in [0.2, 0.25) is 0 Å². The fourth-order valence-electron chi connectivity index (χ4n) is 6.31. The van der Waals surface area contributed by atoms with Crippen molar-refractivity contribution in [1.82, 2.24) is 14.5 Å². The minimum Gasteiger partial charge on any atom is -0.504 e. The van der Waals surface area contributed by atoms with Crippen molar-refractivity contribution in [2.45, 2.75) is 44.3 Å². The molecule has 1 spiro atoms. The molecule has 3 aliphatic heterocycles. The minimum atomic E-state index is -0.739. The van der Waals surface area contributed by atoms with Crippen molar-refractivity contribution in [1.29, 1.82) is 0 Å². The lowest BCUT2D eigenvalue weighted by molar-refractivity contribution is -0.137. The summed E-state index contributed by atoms with van der Waals surface area (Å²) in [6.45, 7) is 4.89. The summed E-state index contributed by atoms with van der Waals surface area (Å²) in [6.07, 6.45) is 9.19. The minimum absolute atomic E-state index is 0.0473. The molecule has 0 saturated carbocycles. The number of aromatic nitrogens is 2. The van der Waals surface area contributed by atoms with Gasteiger partial charge in [0.15, 0.2) is 5.78 Å². The molecule has 2 saturated heterocycles. The van der Waals surface area contributed by atoms with Crippen LogP contribution in [0.5, 0.6) is 5.75 Å². The Bertz CT molecular complexity index is 1150. The Morgan fingerprint density at radius 2 is 2.19 bits per heavy atom. The van der Waals surface area contributed by atoms with Gasteiger partial charge >= 0.3 is 5.97 Å². The van der Waals surface area contributed by atoms with Crippen LogP contribution in [0.4, 0.5) is 5.69 Å². The van der Waals surface area contributed by atoms with Crippen LogP contribution in [-0.2, 0) is 20.8 Å². The van der Waals surface area contributed by atoms with Crippen molar-refractivity contribution >= 4 is 17.4 Å². The summed E-state index contributed by atoms with van der Waals surface area (Å²) in [6, 6.07) is 5.69. The maximum absolute atomic E-state index is 14.1. The van der Waals surface area contributed by atoms with E-state index in [2.05, 4.69) is 22.1 Å². The van der Waals surface area contributed by atoms with Gasteiger partial charge in [-0.05, 0) is 36.8 Å². The number of Topliss-reactive ketones (excluding diaryl/α,β-unsaturated/α-hetero) is 1. The summed E-state index contributed by atoms with van der Waals surface area (Å²) in [5, 5.41) is 3.62. The topological polar surface area (TPSA) is 94.9 Å². The van der Waals surface area contributed by atoms with Crippen LogP contribution in [-0.4, -0.2) is 71.7 Å². The second kappa shape index (κ2) is 9.97. The first-order valence-electron chi connectivity index (χ1n) is 12.6. The van der Waals surface area contributed by atoms with Crippen molar-refractivity contribution in [3.63, 3.8) is 0 Å². The van der Waals surface area contributed by atoms with Gasteiger partial charge in [-0.1, -0.05) is 19.4 Å². The van der Waals surface area contributed by atoms with Crippen molar-refractivity contribution in [3.05, 3.63) is 54.3 Å². The average Bonchev–Trinajstić information content (AvgIpc) is 3.61. The lowest BCUT2D eigenvalue weighted by Gasteiger charge is -2.45. The Morgan fingerprint density at radius 3 is 2.92 bits per heavy atom. The van der Waals surface area contributed by atoms with Gasteiger partial charge in [0.2, 0.25) is 0 Å². The Balaban J connectivity index is 1.41. The molecule has 9 heteroatoms. The Kier molecular flexibility index (Phi) is 6.75. The van der Waals surface area contributed by atoms with Crippen molar-refractivity contribution in [2.75, 3.05) is 39.2 Å². The molecule has 4 atom stereocenters. The van der Waals surface area contributed by atoms with Crippen molar-refractivity contribution < 1.29 is 23.8 Å². The summed E-state index contributed by atoms with van der Waals surface area (Å²) < 4.78 is 18.4. The normalized spacial score (nSPS) is 27.5. The van der Waals surface area contributed by atoms with E-state index in [0.717, 1.165) is 25.2 Å². The maximum atomic E-state index is 14.1. The highest BCUT2D eigenvalue weighted by atomic mass is 16.5. The fourth-order valence-corrected chi connectivity index (χ4v) is 6.31. The molecule has 0 amide bonds. The largest absolute Gasteiger partial charge is 0.504 e. The van der Waals surface area contributed by atoms with Crippen molar-refractivity contribution in [2.24, 2.45) is 11.8 Å². The van der Waals surface area contributed by atoms with Crippen molar-refractivity contribution in [3.8, 4) is 5.75 Å². The highest BCUT2D eigenvalue weighted by Gasteiger charge is 2.59. The lowest BCUT2D eigenvalue weighted by atomic mass is 9.72. The number of carbonyl (C=O) groups excluding carboxylic acids is 2. The molecule has 36 heavy (non-hydrogen) atoms. The molecular weight excluding hydrogens is 460 g/mol. The number of piperidine rings is 1. The van der Waals surface area contributed by atoms with Gasteiger partial charge in [-0.25, -0.2) is 9.78 Å². The van der Waals surface area contributed by atoms with Gasteiger partial charge in [-0.2, -0.15) is 0 Å². The quantitative estimate of drug-likeness (QED) is 0.340. The van der Waals surface area contributed by atoms with Gasteiger partial charge < -0.3 is 24.1 Å². The molecule has 0 bridgehead atoms. The Hall–Kier alpha value is -3.33. The van der Waals surface area contributed by atoms with Crippen LogP contribution in [0.1, 0.15) is 36.5 Å². The third kappa shape index (κ3) is 4.05. The van der Waals surface area contributed by atoms with E-state index in [4.69, 9.17) is 14.2 Å². The fraction of sp³-hybridized carbons (Fsp3) is 0.519. The van der Waals surface area contributed by atoms with Crippen LogP contribution < -0.4 is 10.1 Å². The number of hydrogen-bond donors (Lipinski definition) is 1. The summed E-state index contributed by atoms with van der Waals surface area (Å²) in [4.78, 5) is 33.2. The molecule has 1 aromatic carbocycles. The summed E-state index contributed by atoms with van der Waals surface area (Å²) in [5.41, 5.74) is 1.24. The van der Waals surface area contributed by atoms with E-state index in [1.807, 2.05) is 29.0 Å². The SMILES string of the molecule is CC[C@@H]1CN2CC[C@]3(Nc4cccc(OCCn5ccnc5)c4C3=O)[C@@H]2C[C@@H]1/C(=C\OC)C(=O)OC. The Morgan fingerprint density at radius 1 is 1.33 bits per heavy atom. The zero-order valence-corrected chi connectivity index (χ0v) is 21.1. The maximum Gasteiger partial charge on any atom is 0.337 e. The van der Waals surface area contributed by atoms with Gasteiger partial charge in [-0.15, -0.1) is 0 Å². The molecule has 0 radical (unpaired) electrons. The number of ketones is 1. The van der Waals surface area contributed by atoms with Gasteiger partial charge in [0.1, 0.15) is 17.9 Å². The second-order valence-corrected chi connectivity index (χ2v) is 9.82. The number of rotatable bonds is 8. The van der Waals surface area contributed by atoms with Gasteiger partial charge in [-0.3, -0.25) is 9.69 Å². The Labute approximate surface area is 211 Å². The highest BCUT2D eigenvalue weighted by molar-refractivity contribution is 6.16. The monoisotopic (exact) mass is 494 g/mol. The number of carbonyl (C=O) groups is 2. The van der Waals surface area contributed by atoms with Crippen LogP contribution >= 0.6 is 0 Å². The third-order valence-electron chi connectivity index (χ3n) is 8.09. The molecule has 2 fully saturated rings. The first-order valence-corrected chi connectivity index (χ1v) is 12.6. The molecule has 0 aliphatic carbocycles. The molecule has 2 aromatic rings. The lowest BCUT2D eigenvalue weighted by Crippen LogP contribution is -2.57. The van der Waals surface area contributed by atoms with Crippen LogP contribution in [0, 0.1) is 11.8 Å². The number of benzene rings is 1. The number of methoxy groups -OCH3 is 2. The standard InChI is InChI=1S/C27H34N4O5/c1-4-18-15-31-10-8-27(23(31)14-19(18)20(16-34-2)26(33)35-3)25(32)24-21(29-27)6-5-7-22(24)36-13-12-30-11-9-28-17-30/h5-7,9,11,16-19,23,29H,4,8,10,12-15H2,1-3H3/b20-16+/t18-,19+,23+,27+/m1/s1. The molecule has 192 valence electrons. The summed E-state index contributed by atoms with van der Waals surface area (Å²) in [7, 11) is 2.94. The molecule has 4 heterocycles. The summed E-state index contributed by atoms with van der Waals surface area (Å²) in [5.74, 6) is 0.532. The number of imidazole rings is 1. The molecule has 1 N–H and O–H groups in total. The number of nitrogens with one attached hydrogen (secondary N) is 1. The molecular formula is C27H34N4O5. The average molecular weight is 495 g/mol. The van der Waals surface area contributed by atoms with E-state index in [1.54, 1.807) is 19.6 Å². The zero-order chi connectivity index (χ0) is 25.3. The van der Waals surface area contributed by atoms with Crippen LogP contribution in [0.3, 0.4) is 0 Å². The highest BCUT2D eigenvalue weighted by Crippen LogP contribution is 2.50. The first-order chi connectivity index (χ1) is 17.5. The van der Waals surface area contributed by atoms with Crippen LogP contribution in [0.15, 0.2) is 48.8 Å². The van der Waals surface area contributed by atoms with E-state index in [-0.39, 0.29) is 29.6 Å². The molecule has 3 aliphatic rings. The zero-order valence-electron chi connectivity index (χ0n) is 21.1. The smallest absolute Gasteiger partial charge is 0.337 e. The van der Waals surface area contributed by atoms with E-state index >= 15 is 0 Å². The number of esters is 1. The van der Waals surface area contributed by atoms with Gasteiger partial charge in [0, 0.05) is 37.2 Å². The molecule has 0 unspecified atom stereocenters. The molecule has 9 nitrogen and oxygen atoms in total. The van der Waals surface area contributed by atoms with Gasteiger partial charge in [0.05, 0.1) is 44.5 Å².